The first-order valence-electron chi connectivity index (χ1n) is 13.7. The maximum atomic E-state index is 13.7. The van der Waals surface area contributed by atoms with E-state index < -0.39 is 16.1 Å². The van der Waals surface area contributed by atoms with Gasteiger partial charge in [-0.1, -0.05) is 74.5 Å². The number of amides is 2. The Morgan fingerprint density at radius 1 is 0.927 bits per heavy atom. The summed E-state index contributed by atoms with van der Waals surface area (Å²) < 4.78 is 38.3. The molecule has 0 bridgehead atoms. The van der Waals surface area contributed by atoms with Crippen molar-refractivity contribution >= 4 is 21.8 Å². The van der Waals surface area contributed by atoms with Crippen LogP contribution in [0, 0.1) is 5.92 Å². The van der Waals surface area contributed by atoms with E-state index in [0.717, 1.165) is 5.56 Å². The number of benzene rings is 3. The fourth-order valence-electron chi connectivity index (χ4n) is 4.49. The molecular formula is C31H37N3O6S. The van der Waals surface area contributed by atoms with Crippen LogP contribution >= 0.6 is 0 Å². The molecule has 0 aliphatic carbocycles. The van der Waals surface area contributed by atoms with Crippen molar-refractivity contribution in [2.75, 3.05) is 39.5 Å². The van der Waals surface area contributed by atoms with E-state index in [2.05, 4.69) is 5.32 Å². The molecule has 3 aromatic carbocycles. The Hall–Kier alpha value is -3.73. The van der Waals surface area contributed by atoms with Crippen molar-refractivity contribution < 1.29 is 27.5 Å². The molecule has 2 amide bonds. The molecule has 1 heterocycles. The topological polar surface area (TPSA) is 105 Å². The zero-order chi connectivity index (χ0) is 29.2. The minimum Gasteiger partial charge on any atom is -0.484 e. The number of sulfonamides is 1. The van der Waals surface area contributed by atoms with E-state index in [1.807, 2.05) is 74.5 Å². The van der Waals surface area contributed by atoms with Crippen LogP contribution in [0.5, 0.6) is 5.75 Å². The second-order valence-corrected chi connectivity index (χ2v) is 12.2. The molecule has 0 saturated carbocycles. The molecule has 1 aliphatic heterocycles. The van der Waals surface area contributed by atoms with Crippen LogP contribution in [0.2, 0.25) is 0 Å². The summed E-state index contributed by atoms with van der Waals surface area (Å²) in [5.74, 6) is -0.0641. The van der Waals surface area contributed by atoms with Gasteiger partial charge in [-0.2, -0.15) is 4.31 Å². The van der Waals surface area contributed by atoms with Gasteiger partial charge in [0.2, 0.25) is 15.9 Å². The van der Waals surface area contributed by atoms with Crippen LogP contribution in [-0.4, -0.2) is 68.9 Å². The molecule has 1 N–H and O–H groups in total. The number of hydrogen-bond acceptors (Lipinski definition) is 6. The van der Waals surface area contributed by atoms with Crippen LogP contribution in [0.15, 0.2) is 89.8 Å². The van der Waals surface area contributed by atoms with Crippen molar-refractivity contribution in [3.63, 3.8) is 0 Å². The fraction of sp³-hybridized carbons (Fsp3) is 0.355. The van der Waals surface area contributed by atoms with Gasteiger partial charge in [0.15, 0.2) is 6.61 Å². The molecule has 0 unspecified atom stereocenters. The van der Waals surface area contributed by atoms with Crippen molar-refractivity contribution in [2.24, 2.45) is 5.92 Å². The zero-order valence-corrected chi connectivity index (χ0v) is 24.3. The molecule has 1 saturated heterocycles. The number of morpholine rings is 1. The van der Waals surface area contributed by atoms with E-state index in [-0.39, 0.29) is 35.8 Å². The molecule has 3 aromatic rings. The summed E-state index contributed by atoms with van der Waals surface area (Å²) in [5.41, 5.74) is 1.56. The maximum absolute atomic E-state index is 13.7. The van der Waals surface area contributed by atoms with E-state index in [0.29, 0.717) is 44.2 Å². The minimum atomic E-state index is -3.64. The first kappa shape index (κ1) is 30.2. The average molecular weight is 580 g/mol. The van der Waals surface area contributed by atoms with E-state index in [4.69, 9.17) is 9.47 Å². The maximum Gasteiger partial charge on any atom is 0.261 e. The van der Waals surface area contributed by atoms with Crippen molar-refractivity contribution in [3.05, 3.63) is 96.1 Å². The third-order valence-electron chi connectivity index (χ3n) is 6.67. The quantitative estimate of drug-likeness (QED) is 0.351. The largest absolute Gasteiger partial charge is 0.484 e. The molecule has 1 fully saturated rings. The molecule has 0 spiro atoms. The van der Waals surface area contributed by atoms with Gasteiger partial charge in [0.05, 0.1) is 18.1 Å². The standard InChI is InChI=1S/C31H37N3O6S/c1-24(2)21-32-31(36)30(26-11-7-4-8-12-26)34(22-25-9-5-3-6-10-25)29(35)23-40-27-13-15-28(16-14-27)41(37,38)33-17-19-39-20-18-33/h3-16,24,30H,17-23H2,1-2H3,(H,32,36)/t30-/m0/s1. The van der Waals surface area contributed by atoms with E-state index in [1.165, 1.54) is 33.5 Å². The first-order valence-corrected chi connectivity index (χ1v) is 15.2. The van der Waals surface area contributed by atoms with Gasteiger partial charge in [-0.25, -0.2) is 8.42 Å². The van der Waals surface area contributed by atoms with Crippen molar-refractivity contribution in [1.29, 1.82) is 0 Å². The van der Waals surface area contributed by atoms with Gasteiger partial charge in [-0.15, -0.1) is 0 Å². The highest BCUT2D eigenvalue weighted by Gasteiger charge is 2.32. The van der Waals surface area contributed by atoms with E-state index in [1.54, 1.807) is 0 Å². The monoisotopic (exact) mass is 579 g/mol. The van der Waals surface area contributed by atoms with Gasteiger partial charge < -0.3 is 19.7 Å². The normalized spacial score (nSPS) is 14.8. The van der Waals surface area contributed by atoms with Gasteiger partial charge >= 0.3 is 0 Å². The summed E-state index contributed by atoms with van der Waals surface area (Å²) in [6.45, 7) is 5.71. The Kier molecular flexibility index (Phi) is 10.5. The van der Waals surface area contributed by atoms with Crippen LogP contribution in [0.3, 0.4) is 0 Å². The van der Waals surface area contributed by atoms with Gasteiger partial charge in [-0.3, -0.25) is 9.59 Å². The van der Waals surface area contributed by atoms with Crippen LogP contribution in [-0.2, 0) is 30.9 Å². The molecule has 41 heavy (non-hydrogen) atoms. The Labute approximate surface area is 242 Å². The van der Waals surface area contributed by atoms with Crippen LogP contribution in [0.1, 0.15) is 31.0 Å². The summed E-state index contributed by atoms with van der Waals surface area (Å²) in [5, 5.41) is 2.98. The molecule has 1 atom stereocenters. The van der Waals surface area contributed by atoms with Gasteiger partial charge in [0.1, 0.15) is 11.8 Å². The predicted molar refractivity (Wildman–Crippen MR) is 156 cm³/mol. The Balaban J connectivity index is 1.54. The summed E-state index contributed by atoms with van der Waals surface area (Å²) in [7, 11) is -3.64. The predicted octanol–water partition coefficient (Wildman–Crippen LogP) is 3.63. The smallest absolute Gasteiger partial charge is 0.261 e. The lowest BCUT2D eigenvalue weighted by molar-refractivity contribution is -0.143. The fourth-order valence-corrected chi connectivity index (χ4v) is 5.89. The molecule has 0 aromatic heterocycles. The molecule has 1 aliphatic rings. The zero-order valence-electron chi connectivity index (χ0n) is 23.4. The van der Waals surface area contributed by atoms with Gasteiger partial charge in [0.25, 0.3) is 5.91 Å². The lowest BCUT2D eigenvalue weighted by atomic mass is 10.0. The lowest BCUT2D eigenvalue weighted by Gasteiger charge is -2.32. The number of nitrogens with one attached hydrogen (secondary N) is 1. The van der Waals surface area contributed by atoms with Crippen molar-refractivity contribution in [1.82, 2.24) is 14.5 Å². The highest BCUT2D eigenvalue weighted by Crippen LogP contribution is 2.25. The van der Waals surface area contributed by atoms with Crippen molar-refractivity contribution in [3.8, 4) is 5.75 Å². The Morgan fingerprint density at radius 3 is 2.15 bits per heavy atom. The number of rotatable bonds is 12. The van der Waals surface area contributed by atoms with Crippen molar-refractivity contribution in [2.45, 2.75) is 31.3 Å². The number of ether oxygens (including phenoxy) is 2. The highest BCUT2D eigenvalue weighted by atomic mass is 32.2. The second kappa shape index (κ2) is 14.2. The molecule has 4 rings (SSSR count). The lowest BCUT2D eigenvalue weighted by Crippen LogP contribution is -2.45. The molecule has 0 radical (unpaired) electrons. The molecule has 218 valence electrons. The minimum absolute atomic E-state index is 0.148. The highest BCUT2D eigenvalue weighted by molar-refractivity contribution is 7.89. The Bertz CT molecular complexity index is 1380. The third kappa shape index (κ3) is 8.16. The number of carbonyl (C=O) groups is 2. The van der Waals surface area contributed by atoms with E-state index in [9.17, 15) is 18.0 Å². The van der Waals surface area contributed by atoms with Crippen LogP contribution in [0.25, 0.3) is 0 Å². The summed E-state index contributed by atoms with van der Waals surface area (Å²) in [6.07, 6.45) is 0. The van der Waals surface area contributed by atoms with Gasteiger partial charge in [-0.05, 0) is 41.3 Å². The molecule has 10 heteroatoms. The number of carbonyl (C=O) groups excluding carboxylic acids is 2. The average Bonchev–Trinajstić information content (AvgIpc) is 3.00. The third-order valence-corrected chi connectivity index (χ3v) is 8.58. The summed E-state index contributed by atoms with van der Waals surface area (Å²) in [4.78, 5) is 28.9. The molecule has 9 nitrogen and oxygen atoms in total. The van der Waals surface area contributed by atoms with E-state index >= 15 is 0 Å². The van der Waals surface area contributed by atoms with Crippen LogP contribution < -0.4 is 10.1 Å². The van der Waals surface area contributed by atoms with Gasteiger partial charge in [0, 0.05) is 26.2 Å². The molecular weight excluding hydrogens is 542 g/mol. The summed E-state index contributed by atoms with van der Waals surface area (Å²) in [6, 6.07) is 23.8. The number of nitrogens with zero attached hydrogens (tertiary/aromatic N) is 2. The second-order valence-electron chi connectivity index (χ2n) is 10.2. The first-order chi connectivity index (χ1) is 19.8. The SMILES string of the molecule is CC(C)CNC(=O)[C@H](c1ccccc1)N(Cc1ccccc1)C(=O)COc1ccc(S(=O)(=O)N2CCOCC2)cc1. The number of hydrogen-bond donors (Lipinski definition) is 1. The van der Waals surface area contributed by atoms with Crippen LogP contribution in [0.4, 0.5) is 0 Å². The Morgan fingerprint density at radius 2 is 1.54 bits per heavy atom. The summed E-state index contributed by atoms with van der Waals surface area (Å²) >= 11 is 0.